The third-order valence-corrected chi connectivity index (χ3v) is 7.09. The van der Waals surface area contributed by atoms with Crippen LogP contribution in [0.15, 0.2) is 52.5 Å². The van der Waals surface area contributed by atoms with E-state index in [2.05, 4.69) is 21.2 Å². The molecule has 4 rings (SSSR count). The molecule has 10 heteroatoms. The van der Waals surface area contributed by atoms with Crippen molar-refractivity contribution >= 4 is 63.1 Å². The molecule has 2 aromatic carbocycles. The van der Waals surface area contributed by atoms with Gasteiger partial charge in [0, 0.05) is 21.5 Å². The van der Waals surface area contributed by atoms with E-state index >= 15 is 0 Å². The largest absolute Gasteiger partial charge is 0.465 e. The standard InChI is InChI=1S/C26H21BrClN3O5/c1-13-9-17(6-8-21(13)27)31-24(33)20(23(32)29-26(31)35)11-16-10-14(2)30(15(16)3)18-5-7-19(22(28)12-18)25(34)36-4/h5-12H,1-4H3,(H,29,32,35)/b20-11+. The van der Waals surface area contributed by atoms with Crippen molar-refractivity contribution in [2.24, 2.45) is 0 Å². The van der Waals surface area contributed by atoms with E-state index in [0.717, 1.165) is 26.3 Å². The highest BCUT2D eigenvalue weighted by molar-refractivity contribution is 9.10. The number of benzene rings is 2. The maximum absolute atomic E-state index is 13.3. The van der Waals surface area contributed by atoms with Gasteiger partial charge in [0.25, 0.3) is 11.8 Å². The lowest BCUT2D eigenvalue weighted by Gasteiger charge is -2.26. The molecule has 0 atom stereocenters. The van der Waals surface area contributed by atoms with Crippen LogP contribution in [0, 0.1) is 20.8 Å². The van der Waals surface area contributed by atoms with E-state index in [4.69, 9.17) is 16.3 Å². The van der Waals surface area contributed by atoms with E-state index in [-0.39, 0.29) is 16.2 Å². The van der Waals surface area contributed by atoms with Crippen LogP contribution in [-0.4, -0.2) is 35.5 Å². The van der Waals surface area contributed by atoms with Gasteiger partial charge >= 0.3 is 12.0 Å². The molecule has 1 aromatic heterocycles. The number of halogens is 2. The molecule has 0 radical (unpaired) electrons. The smallest absolute Gasteiger partial charge is 0.339 e. The Kier molecular flexibility index (Phi) is 6.88. The van der Waals surface area contributed by atoms with Crippen molar-refractivity contribution in [2.75, 3.05) is 12.0 Å². The summed E-state index contributed by atoms with van der Waals surface area (Å²) in [6, 6.07) is 11.0. The first kappa shape index (κ1) is 25.4. The van der Waals surface area contributed by atoms with Crippen LogP contribution in [0.5, 0.6) is 0 Å². The molecule has 3 aromatic rings. The fourth-order valence-corrected chi connectivity index (χ4v) is 4.56. The quantitative estimate of drug-likeness (QED) is 0.262. The minimum Gasteiger partial charge on any atom is -0.465 e. The maximum Gasteiger partial charge on any atom is 0.339 e. The minimum atomic E-state index is -0.810. The number of urea groups is 1. The van der Waals surface area contributed by atoms with Crippen LogP contribution in [0.4, 0.5) is 10.5 Å². The molecular weight excluding hydrogens is 550 g/mol. The third-order valence-electron chi connectivity index (χ3n) is 5.89. The highest BCUT2D eigenvalue weighted by Crippen LogP contribution is 2.29. The van der Waals surface area contributed by atoms with E-state index in [9.17, 15) is 19.2 Å². The number of esters is 1. The van der Waals surface area contributed by atoms with E-state index < -0.39 is 23.8 Å². The zero-order valence-electron chi connectivity index (χ0n) is 19.8. The summed E-state index contributed by atoms with van der Waals surface area (Å²) in [6.45, 7) is 5.52. The summed E-state index contributed by atoms with van der Waals surface area (Å²) in [4.78, 5) is 51.3. The number of rotatable bonds is 4. The van der Waals surface area contributed by atoms with Crippen molar-refractivity contribution in [2.45, 2.75) is 20.8 Å². The van der Waals surface area contributed by atoms with Gasteiger partial charge in [-0.25, -0.2) is 14.5 Å². The molecule has 0 unspecified atom stereocenters. The van der Waals surface area contributed by atoms with E-state index in [1.54, 1.807) is 36.4 Å². The number of aryl methyl sites for hydroxylation is 2. The summed E-state index contributed by atoms with van der Waals surface area (Å²) in [7, 11) is 1.28. The zero-order chi connectivity index (χ0) is 26.3. The molecule has 0 bridgehead atoms. The summed E-state index contributed by atoms with van der Waals surface area (Å²) < 4.78 is 7.45. The van der Waals surface area contributed by atoms with Gasteiger partial charge in [0.15, 0.2) is 0 Å². The van der Waals surface area contributed by atoms with Crippen LogP contribution in [0.25, 0.3) is 11.8 Å². The lowest BCUT2D eigenvalue weighted by molar-refractivity contribution is -0.122. The molecule has 8 nitrogen and oxygen atoms in total. The Hall–Kier alpha value is -3.69. The number of nitrogens with one attached hydrogen (secondary N) is 1. The first-order valence-electron chi connectivity index (χ1n) is 10.8. The highest BCUT2D eigenvalue weighted by Gasteiger charge is 2.37. The fraction of sp³-hybridized carbons (Fsp3) is 0.154. The molecule has 0 spiro atoms. The normalized spacial score (nSPS) is 14.9. The first-order chi connectivity index (χ1) is 17.0. The number of hydrogen-bond acceptors (Lipinski definition) is 5. The average molecular weight is 571 g/mol. The van der Waals surface area contributed by atoms with Gasteiger partial charge < -0.3 is 9.30 Å². The van der Waals surface area contributed by atoms with Gasteiger partial charge in [-0.2, -0.15) is 0 Å². The number of carbonyl (C=O) groups is 4. The monoisotopic (exact) mass is 569 g/mol. The Balaban J connectivity index is 1.75. The van der Waals surface area contributed by atoms with Gasteiger partial charge in [-0.3, -0.25) is 14.9 Å². The number of amides is 4. The Labute approximate surface area is 220 Å². The van der Waals surface area contributed by atoms with Crippen LogP contribution in [0.3, 0.4) is 0 Å². The number of imide groups is 2. The van der Waals surface area contributed by atoms with Crippen LogP contribution < -0.4 is 10.2 Å². The molecule has 1 saturated heterocycles. The van der Waals surface area contributed by atoms with Crippen molar-refractivity contribution in [3.63, 3.8) is 0 Å². The summed E-state index contributed by atoms with van der Waals surface area (Å²) in [5.74, 6) is -2.04. The third kappa shape index (κ3) is 4.47. The molecule has 1 N–H and O–H groups in total. The first-order valence-corrected chi connectivity index (χ1v) is 12.0. The molecular formula is C26H21BrClN3O5. The lowest BCUT2D eigenvalue weighted by Crippen LogP contribution is -2.54. The molecule has 1 aliphatic rings. The SMILES string of the molecule is COC(=O)c1ccc(-n2c(C)cc(/C=C3\C(=O)NC(=O)N(c4ccc(Br)c(C)c4)C3=O)c2C)cc1Cl. The van der Waals surface area contributed by atoms with Gasteiger partial charge in [-0.05, 0) is 80.4 Å². The second-order valence-corrected chi connectivity index (χ2v) is 9.47. The predicted octanol–water partition coefficient (Wildman–Crippen LogP) is 5.27. The second kappa shape index (κ2) is 9.75. The molecule has 1 aliphatic heterocycles. The Morgan fingerprint density at radius 3 is 2.36 bits per heavy atom. The number of ether oxygens (including phenoxy) is 1. The second-order valence-electron chi connectivity index (χ2n) is 8.21. The molecule has 36 heavy (non-hydrogen) atoms. The number of hydrogen-bond donors (Lipinski definition) is 1. The molecule has 1 fully saturated rings. The number of methoxy groups -OCH3 is 1. The Morgan fingerprint density at radius 2 is 1.72 bits per heavy atom. The van der Waals surface area contributed by atoms with E-state index in [0.29, 0.717) is 16.9 Å². The topological polar surface area (TPSA) is 97.7 Å². The van der Waals surface area contributed by atoms with Crippen LogP contribution >= 0.6 is 27.5 Å². The lowest BCUT2D eigenvalue weighted by atomic mass is 10.1. The average Bonchev–Trinajstić information content (AvgIpc) is 3.10. The zero-order valence-corrected chi connectivity index (χ0v) is 22.2. The maximum atomic E-state index is 13.3. The number of nitrogens with zero attached hydrogens (tertiary/aromatic N) is 2. The van der Waals surface area contributed by atoms with Gasteiger partial charge in [-0.1, -0.05) is 27.5 Å². The Bertz CT molecular complexity index is 1490. The minimum absolute atomic E-state index is 0.172. The highest BCUT2D eigenvalue weighted by atomic mass is 79.9. The fourth-order valence-electron chi connectivity index (χ4n) is 4.07. The number of aromatic nitrogens is 1. The van der Waals surface area contributed by atoms with Crippen molar-refractivity contribution in [1.82, 2.24) is 9.88 Å². The van der Waals surface area contributed by atoms with Crippen LogP contribution in [0.1, 0.15) is 32.9 Å². The van der Waals surface area contributed by atoms with Crippen molar-refractivity contribution < 1.29 is 23.9 Å². The molecule has 0 aliphatic carbocycles. The van der Waals surface area contributed by atoms with E-state index in [1.165, 1.54) is 13.2 Å². The van der Waals surface area contributed by atoms with Crippen LogP contribution in [-0.2, 0) is 14.3 Å². The summed E-state index contributed by atoms with van der Waals surface area (Å²) >= 11 is 9.70. The molecule has 2 heterocycles. The summed E-state index contributed by atoms with van der Waals surface area (Å²) in [5, 5.41) is 2.47. The molecule has 0 saturated carbocycles. The van der Waals surface area contributed by atoms with E-state index in [1.807, 2.05) is 31.4 Å². The number of barbiturate groups is 1. The van der Waals surface area contributed by atoms with Gasteiger partial charge in [0.05, 0.1) is 23.4 Å². The van der Waals surface area contributed by atoms with Crippen molar-refractivity contribution in [1.29, 1.82) is 0 Å². The predicted molar refractivity (Wildman–Crippen MR) is 139 cm³/mol. The Morgan fingerprint density at radius 1 is 1.03 bits per heavy atom. The van der Waals surface area contributed by atoms with Gasteiger partial charge in [0.1, 0.15) is 5.57 Å². The summed E-state index contributed by atoms with van der Waals surface area (Å²) in [6.07, 6.45) is 1.46. The molecule has 184 valence electrons. The molecule has 4 amide bonds. The summed E-state index contributed by atoms with van der Waals surface area (Å²) in [5.41, 5.74) is 4.08. The van der Waals surface area contributed by atoms with Crippen molar-refractivity contribution in [3.05, 3.63) is 85.6 Å². The number of carbonyl (C=O) groups excluding carboxylic acids is 4. The number of anilines is 1. The van der Waals surface area contributed by atoms with Crippen LogP contribution in [0.2, 0.25) is 5.02 Å². The van der Waals surface area contributed by atoms with Gasteiger partial charge in [-0.15, -0.1) is 0 Å². The van der Waals surface area contributed by atoms with Gasteiger partial charge in [0.2, 0.25) is 0 Å². The van der Waals surface area contributed by atoms with Crippen molar-refractivity contribution in [3.8, 4) is 5.69 Å².